The number of methoxy groups -OCH3 is 1. The lowest BCUT2D eigenvalue weighted by molar-refractivity contribution is 0.0938. The molecule has 1 N–H and O–H groups in total. The summed E-state index contributed by atoms with van der Waals surface area (Å²) in [4.78, 5) is 18.8. The summed E-state index contributed by atoms with van der Waals surface area (Å²) in [5, 5.41) is 4.16. The SMILES string of the molecule is COc1cccc(-c2cc(C(=O)N[C@H](Cc3ccccc3)c3ccccc3)c3cc(C)ccc3n2)c1. The number of aromatic nitrogens is 1. The average molecular weight is 473 g/mol. The van der Waals surface area contributed by atoms with Gasteiger partial charge >= 0.3 is 0 Å². The van der Waals surface area contributed by atoms with Gasteiger partial charge in [-0.25, -0.2) is 4.98 Å². The molecule has 0 aliphatic carbocycles. The van der Waals surface area contributed by atoms with Crippen LogP contribution in [0.4, 0.5) is 0 Å². The van der Waals surface area contributed by atoms with Gasteiger partial charge in [0.1, 0.15) is 5.75 Å². The second-order valence-corrected chi connectivity index (χ2v) is 8.93. The molecule has 0 saturated carbocycles. The second kappa shape index (κ2) is 10.4. The number of carbonyl (C=O) groups excluding carboxylic acids is 1. The van der Waals surface area contributed by atoms with E-state index in [2.05, 4.69) is 29.6 Å². The van der Waals surface area contributed by atoms with Gasteiger partial charge < -0.3 is 10.1 Å². The van der Waals surface area contributed by atoms with Crippen molar-refractivity contribution in [3.05, 3.63) is 131 Å². The highest BCUT2D eigenvalue weighted by Gasteiger charge is 2.20. The van der Waals surface area contributed by atoms with Gasteiger partial charge in [0, 0.05) is 10.9 Å². The molecule has 1 amide bonds. The number of pyridine rings is 1. The second-order valence-electron chi connectivity index (χ2n) is 8.93. The Morgan fingerprint density at radius 3 is 2.36 bits per heavy atom. The molecule has 1 aromatic heterocycles. The minimum absolute atomic E-state index is 0.123. The van der Waals surface area contributed by atoms with Gasteiger partial charge in [0.25, 0.3) is 5.91 Å². The van der Waals surface area contributed by atoms with E-state index in [0.717, 1.165) is 39.0 Å². The van der Waals surface area contributed by atoms with Crippen molar-refractivity contribution in [2.75, 3.05) is 7.11 Å². The zero-order valence-electron chi connectivity index (χ0n) is 20.4. The molecule has 0 unspecified atom stereocenters. The first-order valence-electron chi connectivity index (χ1n) is 12.1. The molecule has 0 fully saturated rings. The molecule has 4 nitrogen and oxygen atoms in total. The number of carbonyl (C=O) groups is 1. The smallest absolute Gasteiger partial charge is 0.252 e. The third kappa shape index (κ3) is 5.13. The molecule has 4 aromatic carbocycles. The molecule has 1 heterocycles. The predicted octanol–water partition coefficient (Wildman–Crippen LogP) is 6.93. The fourth-order valence-electron chi connectivity index (χ4n) is 4.48. The number of nitrogens with one attached hydrogen (secondary N) is 1. The number of amides is 1. The van der Waals surface area contributed by atoms with Gasteiger partial charge in [0.15, 0.2) is 0 Å². The summed E-state index contributed by atoms with van der Waals surface area (Å²) in [6.45, 7) is 2.03. The largest absolute Gasteiger partial charge is 0.497 e. The van der Waals surface area contributed by atoms with Crippen LogP contribution in [0.1, 0.15) is 33.1 Å². The summed E-state index contributed by atoms with van der Waals surface area (Å²) < 4.78 is 5.41. The molecule has 5 rings (SSSR count). The molecule has 0 aliphatic heterocycles. The van der Waals surface area contributed by atoms with Crippen molar-refractivity contribution >= 4 is 16.8 Å². The van der Waals surface area contributed by atoms with Crippen LogP contribution in [-0.2, 0) is 6.42 Å². The van der Waals surface area contributed by atoms with E-state index < -0.39 is 0 Å². The molecule has 5 aromatic rings. The van der Waals surface area contributed by atoms with Crippen molar-refractivity contribution in [2.24, 2.45) is 0 Å². The van der Waals surface area contributed by atoms with E-state index in [-0.39, 0.29) is 11.9 Å². The number of aryl methyl sites for hydroxylation is 1. The fraction of sp³-hybridized carbons (Fsp3) is 0.125. The Balaban J connectivity index is 1.57. The van der Waals surface area contributed by atoms with Crippen molar-refractivity contribution in [2.45, 2.75) is 19.4 Å². The van der Waals surface area contributed by atoms with Crippen LogP contribution in [0.3, 0.4) is 0 Å². The zero-order valence-corrected chi connectivity index (χ0v) is 20.4. The molecular formula is C32H28N2O2. The first-order valence-corrected chi connectivity index (χ1v) is 12.1. The van der Waals surface area contributed by atoms with Crippen molar-refractivity contribution in [1.29, 1.82) is 0 Å². The zero-order chi connectivity index (χ0) is 24.9. The summed E-state index contributed by atoms with van der Waals surface area (Å²) in [6.07, 6.45) is 0.696. The van der Waals surface area contributed by atoms with E-state index in [1.807, 2.05) is 91.9 Å². The Labute approximate surface area is 211 Å². The molecule has 1 atom stereocenters. The number of hydrogen-bond acceptors (Lipinski definition) is 3. The molecule has 0 spiro atoms. The summed E-state index contributed by atoms with van der Waals surface area (Å²) in [7, 11) is 1.64. The van der Waals surface area contributed by atoms with Crippen LogP contribution in [0, 0.1) is 6.92 Å². The number of fused-ring (bicyclic) bond motifs is 1. The minimum atomic E-state index is -0.172. The Bertz CT molecular complexity index is 1500. The number of benzene rings is 4. The van der Waals surface area contributed by atoms with Gasteiger partial charge in [-0.2, -0.15) is 0 Å². The standard InChI is InChI=1S/C32H28N2O2/c1-22-16-17-29-27(18-22)28(21-31(33-29)25-14-9-15-26(20-25)36-2)32(35)34-30(24-12-7-4-8-13-24)19-23-10-5-3-6-11-23/h3-18,20-21,30H,19H2,1-2H3,(H,34,35)/t30-/m1/s1. The molecule has 178 valence electrons. The Kier molecular flexibility index (Phi) is 6.76. The maximum Gasteiger partial charge on any atom is 0.252 e. The number of rotatable bonds is 7. The van der Waals surface area contributed by atoms with Crippen LogP contribution in [0.5, 0.6) is 5.75 Å². The molecule has 0 bridgehead atoms. The van der Waals surface area contributed by atoms with E-state index in [4.69, 9.17) is 9.72 Å². The van der Waals surface area contributed by atoms with Gasteiger partial charge in [0.2, 0.25) is 0 Å². The lowest BCUT2D eigenvalue weighted by Crippen LogP contribution is -2.30. The van der Waals surface area contributed by atoms with Gasteiger partial charge in [-0.3, -0.25) is 4.79 Å². The van der Waals surface area contributed by atoms with Crippen LogP contribution in [-0.4, -0.2) is 18.0 Å². The normalized spacial score (nSPS) is 11.7. The van der Waals surface area contributed by atoms with Gasteiger partial charge in [-0.1, -0.05) is 84.4 Å². The molecule has 0 saturated heterocycles. The summed E-state index contributed by atoms with van der Waals surface area (Å²) in [6, 6.07) is 35.9. The van der Waals surface area contributed by atoms with Crippen molar-refractivity contribution in [1.82, 2.24) is 10.3 Å². The lowest BCUT2D eigenvalue weighted by Gasteiger charge is -2.20. The fourth-order valence-corrected chi connectivity index (χ4v) is 4.48. The highest BCUT2D eigenvalue weighted by atomic mass is 16.5. The maximum atomic E-state index is 13.9. The van der Waals surface area contributed by atoms with Crippen LogP contribution < -0.4 is 10.1 Å². The van der Waals surface area contributed by atoms with Gasteiger partial charge in [0.05, 0.1) is 29.9 Å². The van der Waals surface area contributed by atoms with E-state index in [0.29, 0.717) is 12.0 Å². The first kappa shape index (κ1) is 23.3. The van der Waals surface area contributed by atoms with Gasteiger partial charge in [-0.15, -0.1) is 0 Å². The Morgan fingerprint density at radius 1 is 0.861 bits per heavy atom. The minimum Gasteiger partial charge on any atom is -0.497 e. The van der Waals surface area contributed by atoms with E-state index in [1.54, 1.807) is 7.11 Å². The number of nitrogens with zero attached hydrogens (tertiary/aromatic N) is 1. The average Bonchev–Trinajstić information content (AvgIpc) is 2.93. The highest BCUT2D eigenvalue weighted by Crippen LogP contribution is 2.29. The van der Waals surface area contributed by atoms with Crippen molar-refractivity contribution in [3.63, 3.8) is 0 Å². The third-order valence-electron chi connectivity index (χ3n) is 6.36. The maximum absolute atomic E-state index is 13.9. The quantitative estimate of drug-likeness (QED) is 0.279. The third-order valence-corrected chi connectivity index (χ3v) is 6.36. The van der Waals surface area contributed by atoms with Crippen LogP contribution in [0.25, 0.3) is 22.2 Å². The van der Waals surface area contributed by atoms with Gasteiger partial charge in [-0.05, 0) is 54.8 Å². The first-order chi connectivity index (χ1) is 17.6. The van der Waals surface area contributed by atoms with E-state index in [1.165, 1.54) is 5.56 Å². The van der Waals surface area contributed by atoms with E-state index in [9.17, 15) is 4.79 Å². The van der Waals surface area contributed by atoms with Crippen LogP contribution in [0.15, 0.2) is 109 Å². The summed E-state index contributed by atoms with van der Waals surface area (Å²) in [5.41, 5.74) is 6.33. The molecule has 36 heavy (non-hydrogen) atoms. The Hall–Kier alpha value is -4.44. The van der Waals surface area contributed by atoms with Crippen molar-refractivity contribution < 1.29 is 9.53 Å². The van der Waals surface area contributed by atoms with Crippen molar-refractivity contribution in [3.8, 4) is 17.0 Å². The van der Waals surface area contributed by atoms with Crippen LogP contribution >= 0.6 is 0 Å². The summed E-state index contributed by atoms with van der Waals surface area (Å²) in [5.74, 6) is 0.623. The molecule has 0 radical (unpaired) electrons. The van der Waals surface area contributed by atoms with E-state index >= 15 is 0 Å². The number of ether oxygens (including phenoxy) is 1. The molecule has 4 heteroatoms. The lowest BCUT2D eigenvalue weighted by atomic mass is 9.97. The van der Waals surface area contributed by atoms with Crippen LogP contribution in [0.2, 0.25) is 0 Å². The Morgan fingerprint density at radius 2 is 1.61 bits per heavy atom. The monoisotopic (exact) mass is 472 g/mol. The highest BCUT2D eigenvalue weighted by molar-refractivity contribution is 6.07. The predicted molar refractivity (Wildman–Crippen MR) is 145 cm³/mol. The summed E-state index contributed by atoms with van der Waals surface area (Å²) >= 11 is 0. The topological polar surface area (TPSA) is 51.2 Å². The molecular weight excluding hydrogens is 444 g/mol. The number of hydrogen-bond donors (Lipinski definition) is 1. The molecule has 0 aliphatic rings.